The first-order chi connectivity index (χ1) is 9.03. The van der Waals surface area contributed by atoms with Gasteiger partial charge in [0.1, 0.15) is 0 Å². The Kier molecular flexibility index (Phi) is 4.78. The lowest BCUT2D eigenvalue weighted by atomic mass is 10.1. The first kappa shape index (κ1) is 14.7. The van der Waals surface area contributed by atoms with Crippen LogP contribution < -0.4 is 0 Å². The van der Waals surface area contributed by atoms with Crippen LogP contribution in [0.2, 0.25) is 0 Å². The minimum atomic E-state index is -1.42. The number of morpholine rings is 1. The zero-order valence-corrected chi connectivity index (χ0v) is 11.8. The van der Waals surface area contributed by atoms with Crippen LogP contribution in [0.5, 0.6) is 0 Å². The van der Waals surface area contributed by atoms with E-state index in [1.807, 2.05) is 0 Å². The second kappa shape index (κ2) is 6.17. The molecule has 19 heavy (non-hydrogen) atoms. The smallest absolute Gasteiger partial charge is 0.338 e. The fourth-order valence-corrected chi connectivity index (χ4v) is 2.92. The van der Waals surface area contributed by atoms with Gasteiger partial charge in [-0.25, -0.2) is 4.79 Å². The fraction of sp³-hybridized carbons (Fsp3) is 0.923. The zero-order valence-electron chi connectivity index (χ0n) is 11.8. The lowest BCUT2D eigenvalue weighted by molar-refractivity contribution is -0.162. The average Bonchev–Trinajstić information content (AvgIpc) is 2.86. The molecule has 0 amide bonds. The Bertz CT molecular complexity index is 316. The van der Waals surface area contributed by atoms with E-state index in [4.69, 9.17) is 4.74 Å². The third-order valence-electron chi connectivity index (χ3n) is 3.97. The summed E-state index contributed by atoms with van der Waals surface area (Å²) in [7, 11) is 1.30. The van der Waals surface area contributed by atoms with Gasteiger partial charge in [0.25, 0.3) is 0 Å². The normalized spacial score (nSPS) is 29.1. The number of ether oxygens (including phenoxy) is 2. The molecule has 2 saturated heterocycles. The molecular weight excluding hydrogens is 248 g/mol. The summed E-state index contributed by atoms with van der Waals surface area (Å²) < 4.78 is 9.98. The molecule has 0 spiro atoms. The highest BCUT2D eigenvalue weighted by Crippen LogP contribution is 2.19. The van der Waals surface area contributed by atoms with Gasteiger partial charge in [-0.05, 0) is 19.9 Å². The van der Waals surface area contributed by atoms with Crippen molar-refractivity contribution in [3.63, 3.8) is 0 Å². The van der Waals surface area contributed by atoms with Crippen LogP contribution in [0.1, 0.15) is 13.3 Å². The zero-order chi connectivity index (χ0) is 13.9. The van der Waals surface area contributed by atoms with E-state index >= 15 is 0 Å². The van der Waals surface area contributed by atoms with Gasteiger partial charge in [0.05, 0.1) is 20.3 Å². The van der Waals surface area contributed by atoms with Gasteiger partial charge in [0.2, 0.25) is 0 Å². The standard InChI is InChI=1S/C13H24N2O4/c1-13(17,12(16)18-2)10-14-4-3-11(9-14)15-5-7-19-8-6-15/h11,17H,3-10H2,1-2H3. The van der Waals surface area contributed by atoms with Crippen molar-refractivity contribution in [2.24, 2.45) is 0 Å². The van der Waals surface area contributed by atoms with Crippen molar-refractivity contribution in [1.29, 1.82) is 0 Å². The highest BCUT2D eigenvalue weighted by atomic mass is 16.5. The molecule has 2 atom stereocenters. The quantitative estimate of drug-likeness (QED) is 0.684. The van der Waals surface area contributed by atoms with Crippen molar-refractivity contribution in [3.8, 4) is 0 Å². The third-order valence-corrected chi connectivity index (χ3v) is 3.97. The van der Waals surface area contributed by atoms with Crippen LogP contribution in [0.4, 0.5) is 0 Å². The number of hydrogen-bond acceptors (Lipinski definition) is 6. The predicted octanol–water partition coefficient (Wildman–Crippen LogP) is -0.683. The number of esters is 1. The van der Waals surface area contributed by atoms with Crippen LogP contribution in [-0.4, -0.2) is 85.6 Å². The van der Waals surface area contributed by atoms with Crippen molar-refractivity contribution >= 4 is 5.97 Å². The summed E-state index contributed by atoms with van der Waals surface area (Å²) in [6.45, 7) is 7.22. The van der Waals surface area contributed by atoms with Crippen LogP contribution in [0, 0.1) is 0 Å². The van der Waals surface area contributed by atoms with E-state index < -0.39 is 11.6 Å². The molecule has 0 radical (unpaired) electrons. The van der Waals surface area contributed by atoms with Crippen molar-refractivity contribution in [3.05, 3.63) is 0 Å². The molecule has 1 N–H and O–H groups in total. The second-order valence-electron chi connectivity index (χ2n) is 5.59. The molecule has 2 rings (SSSR count). The molecule has 110 valence electrons. The minimum Gasteiger partial charge on any atom is -0.467 e. The number of nitrogens with zero attached hydrogens (tertiary/aromatic N) is 2. The van der Waals surface area contributed by atoms with Gasteiger partial charge in [-0.15, -0.1) is 0 Å². The molecule has 2 aliphatic heterocycles. The van der Waals surface area contributed by atoms with E-state index in [-0.39, 0.29) is 0 Å². The van der Waals surface area contributed by atoms with Gasteiger partial charge in [0, 0.05) is 32.2 Å². The summed E-state index contributed by atoms with van der Waals surface area (Å²) >= 11 is 0. The molecule has 0 aromatic rings. The largest absolute Gasteiger partial charge is 0.467 e. The number of methoxy groups -OCH3 is 1. The number of carbonyl (C=O) groups excluding carboxylic acids is 1. The van der Waals surface area contributed by atoms with Crippen molar-refractivity contribution < 1.29 is 19.4 Å². The maximum absolute atomic E-state index is 11.5. The van der Waals surface area contributed by atoms with Gasteiger partial charge >= 0.3 is 5.97 Å². The molecule has 0 bridgehead atoms. The van der Waals surface area contributed by atoms with Crippen LogP contribution in [0.15, 0.2) is 0 Å². The van der Waals surface area contributed by atoms with Gasteiger partial charge in [0.15, 0.2) is 5.60 Å². The van der Waals surface area contributed by atoms with E-state index in [0.717, 1.165) is 45.8 Å². The van der Waals surface area contributed by atoms with Crippen molar-refractivity contribution in [1.82, 2.24) is 9.80 Å². The van der Waals surface area contributed by atoms with E-state index in [0.29, 0.717) is 12.6 Å². The van der Waals surface area contributed by atoms with E-state index in [1.54, 1.807) is 0 Å². The van der Waals surface area contributed by atoms with Gasteiger partial charge in [-0.2, -0.15) is 0 Å². The fourth-order valence-electron chi connectivity index (χ4n) is 2.92. The molecule has 0 aromatic heterocycles. The Balaban J connectivity index is 1.83. The third kappa shape index (κ3) is 3.66. The molecule has 2 aliphatic rings. The molecule has 0 aliphatic carbocycles. The number of rotatable bonds is 4. The van der Waals surface area contributed by atoms with Gasteiger partial charge < -0.3 is 14.6 Å². The Morgan fingerprint density at radius 2 is 2.11 bits per heavy atom. The Morgan fingerprint density at radius 3 is 2.74 bits per heavy atom. The minimum absolute atomic E-state index is 0.334. The second-order valence-corrected chi connectivity index (χ2v) is 5.59. The number of aliphatic hydroxyl groups is 1. The summed E-state index contributed by atoms with van der Waals surface area (Å²) in [6.07, 6.45) is 1.08. The van der Waals surface area contributed by atoms with Crippen LogP contribution >= 0.6 is 0 Å². The summed E-state index contributed by atoms with van der Waals surface area (Å²) in [5.74, 6) is -0.567. The summed E-state index contributed by atoms with van der Waals surface area (Å²) in [5.41, 5.74) is -1.42. The highest BCUT2D eigenvalue weighted by molar-refractivity contribution is 5.78. The average molecular weight is 272 g/mol. The molecule has 2 fully saturated rings. The molecular formula is C13H24N2O4. The van der Waals surface area contributed by atoms with Crippen molar-refractivity contribution in [2.75, 3.05) is 53.0 Å². The van der Waals surface area contributed by atoms with Gasteiger partial charge in [-0.3, -0.25) is 9.80 Å². The van der Waals surface area contributed by atoms with Crippen molar-refractivity contribution in [2.45, 2.75) is 25.0 Å². The Morgan fingerprint density at radius 1 is 1.42 bits per heavy atom. The lowest BCUT2D eigenvalue weighted by Crippen LogP contribution is -2.48. The lowest BCUT2D eigenvalue weighted by Gasteiger charge is -2.32. The predicted molar refractivity (Wildman–Crippen MR) is 69.9 cm³/mol. The molecule has 0 aromatic carbocycles. The first-order valence-electron chi connectivity index (χ1n) is 6.88. The monoisotopic (exact) mass is 272 g/mol. The van der Waals surface area contributed by atoms with Crippen LogP contribution in [-0.2, 0) is 14.3 Å². The SMILES string of the molecule is COC(=O)C(C)(O)CN1CCC(N2CCOCC2)C1. The summed E-state index contributed by atoms with van der Waals surface area (Å²) in [4.78, 5) is 16.1. The van der Waals surface area contributed by atoms with Gasteiger partial charge in [-0.1, -0.05) is 0 Å². The Labute approximate surface area is 114 Å². The summed E-state index contributed by atoms with van der Waals surface area (Å²) in [6, 6.07) is 0.511. The topological polar surface area (TPSA) is 62.2 Å². The summed E-state index contributed by atoms with van der Waals surface area (Å²) in [5, 5.41) is 10.1. The number of likely N-dealkylation sites (tertiary alicyclic amines) is 1. The molecule has 2 unspecified atom stereocenters. The maximum atomic E-state index is 11.5. The van der Waals surface area contributed by atoms with Crippen LogP contribution in [0.25, 0.3) is 0 Å². The number of hydrogen-bond donors (Lipinski definition) is 1. The highest BCUT2D eigenvalue weighted by Gasteiger charge is 2.37. The maximum Gasteiger partial charge on any atom is 0.338 e. The first-order valence-corrected chi connectivity index (χ1v) is 6.88. The van der Waals surface area contributed by atoms with E-state index in [1.165, 1.54) is 14.0 Å². The molecule has 6 nitrogen and oxygen atoms in total. The number of carbonyl (C=O) groups is 1. The van der Waals surface area contributed by atoms with E-state index in [9.17, 15) is 9.90 Å². The van der Waals surface area contributed by atoms with Crippen LogP contribution in [0.3, 0.4) is 0 Å². The molecule has 2 heterocycles. The Hall–Kier alpha value is -0.690. The molecule has 0 saturated carbocycles. The van der Waals surface area contributed by atoms with E-state index in [2.05, 4.69) is 14.5 Å². The molecule has 6 heteroatoms. The number of β-amino-alcohol motifs (C(OH)–C–C–N with tert-alkyl or cyclic N) is 1.